The molecule has 16 heavy (non-hydrogen) atoms. The van der Waals surface area contributed by atoms with E-state index in [-0.39, 0.29) is 5.91 Å². The average molecular weight is 225 g/mol. The van der Waals surface area contributed by atoms with Crippen LogP contribution in [0.4, 0.5) is 0 Å². The second kappa shape index (κ2) is 4.34. The van der Waals surface area contributed by atoms with Gasteiger partial charge in [0.25, 0.3) is 0 Å². The Morgan fingerprint density at radius 1 is 1.44 bits per heavy atom. The van der Waals surface area contributed by atoms with E-state index < -0.39 is 5.54 Å². The van der Waals surface area contributed by atoms with Crippen molar-refractivity contribution >= 4 is 5.91 Å². The van der Waals surface area contributed by atoms with Crippen molar-refractivity contribution in [1.82, 2.24) is 10.2 Å². The lowest BCUT2D eigenvalue weighted by Gasteiger charge is -2.33. The molecule has 92 valence electrons. The summed E-state index contributed by atoms with van der Waals surface area (Å²) in [5.41, 5.74) is 4.88. The van der Waals surface area contributed by atoms with E-state index in [2.05, 4.69) is 10.2 Å². The van der Waals surface area contributed by atoms with Gasteiger partial charge in [0, 0.05) is 19.1 Å². The van der Waals surface area contributed by atoms with Crippen LogP contribution in [-0.4, -0.2) is 42.5 Å². The molecule has 2 aliphatic rings. The van der Waals surface area contributed by atoms with E-state index in [1.165, 1.54) is 25.7 Å². The zero-order valence-electron chi connectivity index (χ0n) is 10.3. The number of likely N-dealkylation sites (N-methyl/N-ethyl adjacent to an activating group) is 1. The van der Waals surface area contributed by atoms with Crippen LogP contribution in [0.15, 0.2) is 0 Å². The molecule has 0 spiro atoms. The van der Waals surface area contributed by atoms with Crippen molar-refractivity contribution in [3.05, 3.63) is 0 Å². The van der Waals surface area contributed by atoms with Crippen LogP contribution in [0, 0.1) is 5.92 Å². The number of amides is 1. The number of nitrogens with one attached hydrogen (secondary N) is 1. The molecule has 1 amide bonds. The van der Waals surface area contributed by atoms with Gasteiger partial charge in [-0.3, -0.25) is 9.69 Å². The van der Waals surface area contributed by atoms with Crippen LogP contribution in [0.2, 0.25) is 0 Å². The molecular weight excluding hydrogens is 202 g/mol. The molecule has 2 fully saturated rings. The minimum atomic E-state index is -0.586. The third-order valence-electron chi connectivity index (χ3n) is 3.87. The second-order valence-corrected chi connectivity index (χ2v) is 5.55. The standard InChI is InChI=1S/C12H23N3O/c1-12(14-2,11(13)16)8-15(10-5-6-10)7-9-3-4-9/h9-10,14H,3-8H2,1-2H3,(H2,13,16). The lowest BCUT2D eigenvalue weighted by molar-refractivity contribution is -0.124. The van der Waals surface area contributed by atoms with Gasteiger partial charge < -0.3 is 11.1 Å². The molecule has 4 heteroatoms. The molecule has 0 aliphatic heterocycles. The van der Waals surface area contributed by atoms with Crippen LogP contribution in [0.3, 0.4) is 0 Å². The summed E-state index contributed by atoms with van der Waals surface area (Å²) in [5.74, 6) is 0.617. The molecule has 0 bridgehead atoms. The Morgan fingerprint density at radius 3 is 2.44 bits per heavy atom. The molecule has 0 aromatic rings. The first kappa shape index (κ1) is 11.9. The normalized spacial score (nSPS) is 24.4. The van der Waals surface area contributed by atoms with Crippen molar-refractivity contribution in [2.24, 2.45) is 11.7 Å². The lowest BCUT2D eigenvalue weighted by atomic mass is 10.0. The predicted octanol–water partition coefficient (Wildman–Crippen LogP) is 0.324. The minimum absolute atomic E-state index is 0.253. The first-order chi connectivity index (χ1) is 7.55. The molecule has 0 aromatic carbocycles. The van der Waals surface area contributed by atoms with Crippen molar-refractivity contribution in [1.29, 1.82) is 0 Å². The van der Waals surface area contributed by atoms with Crippen molar-refractivity contribution in [3.8, 4) is 0 Å². The topological polar surface area (TPSA) is 58.4 Å². The van der Waals surface area contributed by atoms with Gasteiger partial charge in [-0.05, 0) is 45.6 Å². The molecule has 2 rings (SSSR count). The number of carbonyl (C=O) groups is 1. The monoisotopic (exact) mass is 225 g/mol. The first-order valence-corrected chi connectivity index (χ1v) is 6.28. The zero-order chi connectivity index (χ0) is 11.8. The lowest BCUT2D eigenvalue weighted by Crippen LogP contribution is -2.59. The highest BCUT2D eigenvalue weighted by molar-refractivity contribution is 5.84. The molecular formula is C12H23N3O. The molecule has 1 atom stereocenters. The SMILES string of the molecule is CNC(C)(CN(CC1CC1)C1CC1)C(N)=O. The van der Waals surface area contributed by atoms with Gasteiger partial charge >= 0.3 is 0 Å². The van der Waals surface area contributed by atoms with Gasteiger partial charge in [-0.1, -0.05) is 0 Å². The Hall–Kier alpha value is -0.610. The first-order valence-electron chi connectivity index (χ1n) is 6.28. The van der Waals surface area contributed by atoms with E-state index in [0.29, 0.717) is 6.04 Å². The predicted molar refractivity (Wildman–Crippen MR) is 64.0 cm³/mol. The molecule has 0 saturated heterocycles. The van der Waals surface area contributed by atoms with Crippen molar-refractivity contribution in [2.75, 3.05) is 20.1 Å². The van der Waals surface area contributed by atoms with Gasteiger partial charge in [-0.25, -0.2) is 0 Å². The summed E-state index contributed by atoms with van der Waals surface area (Å²) in [4.78, 5) is 13.9. The number of carbonyl (C=O) groups excluding carboxylic acids is 1. The maximum Gasteiger partial charge on any atom is 0.238 e. The maximum absolute atomic E-state index is 11.5. The fraction of sp³-hybridized carbons (Fsp3) is 0.917. The fourth-order valence-corrected chi connectivity index (χ4v) is 2.10. The summed E-state index contributed by atoms with van der Waals surface area (Å²) < 4.78 is 0. The van der Waals surface area contributed by atoms with Crippen LogP contribution in [0.1, 0.15) is 32.6 Å². The Bertz CT molecular complexity index is 273. The molecule has 0 aromatic heterocycles. The Labute approximate surface area is 97.6 Å². The molecule has 4 nitrogen and oxygen atoms in total. The maximum atomic E-state index is 11.5. The summed E-state index contributed by atoms with van der Waals surface area (Å²) in [6.07, 6.45) is 5.28. The Balaban J connectivity index is 1.94. The van der Waals surface area contributed by atoms with Gasteiger partial charge in [0.05, 0.1) is 0 Å². The fourth-order valence-electron chi connectivity index (χ4n) is 2.10. The van der Waals surface area contributed by atoms with Crippen LogP contribution < -0.4 is 11.1 Å². The van der Waals surface area contributed by atoms with Crippen molar-refractivity contribution < 1.29 is 4.79 Å². The quantitative estimate of drug-likeness (QED) is 0.656. The van der Waals surface area contributed by atoms with Crippen LogP contribution >= 0.6 is 0 Å². The third-order valence-corrected chi connectivity index (χ3v) is 3.87. The summed E-state index contributed by atoms with van der Waals surface area (Å²) in [6, 6.07) is 0.702. The number of hydrogen-bond donors (Lipinski definition) is 2. The third kappa shape index (κ3) is 2.74. The van der Waals surface area contributed by atoms with Crippen molar-refractivity contribution in [2.45, 2.75) is 44.2 Å². The summed E-state index contributed by atoms with van der Waals surface area (Å²) >= 11 is 0. The highest BCUT2D eigenvalue weighted by Crippen LogP contribution is 2.35. The van der Waals surface area contributed by atoms with E-state index in [1.54, 1.807) is 0 Å². The van der Waals surface area contributed by atoms with Crippen LogP contribution in [0.5, 0.6) is 0 Å². The number of primary amides is 1. The van der Waals surface area contributed by atoms with Crippen LogP contribution in [-0.2, 0) is 4.79 Å². The molecule has 3 N–H and O–H groups in total. The Morgan fingerprint density at radius 2 is 2.06 bits per heavy atom. The van der Waals surface area contributed by atoms with E-state index in [9.17, 15) is 4.79 Å². The van der Waals surface area contributed by atoms with Gasteiger partial charge in [0.15, 0.2) is 0 Å². The zero-order valence-corrected chi connectivity index (χ0v) is 10.3. The summed E-state index contributed by atoms with van der Waals surface area (Å²) in [5, 5.41) is 3.07. The largest absolute Gasteiger partial charge is 0.368 e. The highest BCUT2D eigenvalue weighted by atomic mass is 16.1. The van der Waals surface area contributed by atoms with Gasteiger partial charge in [-0.15, -0.1) is 0 Å². The van der Waals surface area contributed by atoms with E-state index in [4.69, 9.17) is 5.73 Å². The second-order valence-electron chi connectivity index (χ2n) is 5.55. The van der Waals surface area contributed by atoms with Gasteiger partial charge in [0.2, 0.25) is 5.91 Å². The smallest absolute Gasteiger partial charge is 0.238 e. The number of nitrogens with two attached hydrogens (primary N) is 1. The minimum Gasteiger partial charge on any atom is -0.368 e. The van der Waals surface area contributed by atoms with Gasteiger partial charge in [0.1, 0.15) is 5.54 Å². The molecule has 0 radical (unpaired) electrons. The molecule has 2 aliphatic carbocycles. The van der Waals surface area contributed by atoms with Crippen molar-refractivity contribution in [3.63, 3.8) is 0 Å². The van der Waals surface area contributed by atoms with E-state index in [0.717, 1.165) is 19.0 Å². The van der Waals surface area contributed by atoms with E-state index >= 15 is 0 Å². The number of hydrogen-bond acceptors (Lipinski definition) is 3. The number of nitrogens with zero attached hydrogens (tertiary/aromatic N) is 1. The summed E-state index contributed by atoms with van der Waals surface area (Å²) in [6.45, 7) is 3.80. The van der Waals surface area contributed by atoms with E-state index in [1.807, 2.05) is 14.0 Å². The molecule has 1 unspecified atom stereocenters. The molecule has 0 heterocycles. The number of rotatable bonds is 7. The van der Waals surface area contributed by atoms with Crippen LogP contribution in [0.25, 0.3) is 0 Å². The average Bonchev–Trinajstić information content (AvgIpc) is 3.08. The highest BCUT2D eigenvalue weighted by Gasteiger charge is 2.39. The molecule has 2 saturated carbocycles. The Kier molecular flexibility index (Phi) is 3.22. The summed E-state index contributed by atoms with van der Waals surface area (Å²) in [7, 11) is 1.81. The van der Waals surface area contributed by atoms with Gasteiger partial charge in [-0.2, -0.15) is 0 Å².